The molecule has 1 atom stereocenters. The van der Waals surface area contributed by atoms with Crippen LogP contribution in [-0.2, 0) is 20.7 Å². The van der Waals surface area contributed by atoms with Crippen LogP contribution in [0.25, 0.3) is 0 Å². The fourth-order valence-electron chi connectivity index (χ4n) is 2.00. The van der Waals surface area contributed by atoms with E-state index in [0.29, 0.717) is 5.56 Å². The summed E-state index contributed by atoms with van der Waals surface area (Å²) in [5.41, 5.74) is -2.78. The summed E-state index contributed by atoms with van der Waals surface area (Å²) in [6.07, 6.45) is -5.04. The van der Waals surface area contributed by atoms with Gasteiger partial charge < -0.3 is 10.1 Å². The van der Waals surface area contributed by atoms with Crippen molar-refractivity contribution in [2.75, 3.05) is 13.2 Å². The number of amides is 1. The molecule has 1 unspecified atom stereocenters. The van der Waals surface area contributed by atoms with E-state index in [-0.39, 0.29) is 19.6 Å². The number of esters is 1. The third-order valence-corrected chi connectivity index (χ3v) is 3.09. The van der Waals surface area contributed by atoms with Gasteiger partial charge in [0.05, 0.1) is 6.61 Å². The van der Waals surface area contributed by atoms with Gasteiger partial charge in [-0.3, -0.25) is 10.1 Å². The quantitative estimate of drug-likeness (QED) is 0.448. The Bertz CT molecular complexity index is 575. The fraction of sp³-hybridized carbons (Fsp3) is 0.467. The molecule has 24 heavy (non-hydrogen) atoms. The molecule has 5 nitrogen and oxygen atoms in total. The standard InChI is InChI=1S/C15H18F4N2O3/c1-3-24-13(23)14(15(17,18)19,21-10(2)22)20-9-8-11-4-6-12(16)7-5-11/h4-7,20H,3,8-9H2,1-2H3,(H,21,22). The number of alkyl halides is 3. The molecule has 1 aromatic carbocycles. The van der Waals surface area contributed by atoms with Crippen molar-refractivity contribution >= 4 is 11.9 Å². The lowest BCUT2D eigenvalue weighted by Crippen LogP contribution is -2.72. The molecule has 0 aliphatic rings. The summed E-state index contributed by atoms with van der Waals surface area (Å²) in [5.74, 6) is -3.16. The van der Waals surface area contributed by atoms with E-state index in [1.54, 1.807) is 5.32 Å². The minimum absolute atomic E-state index is 0.0805. The molecule has 0 aromatic heterocycles. The van der Waals surface area contributed by atoms with Crippen LogP contribution in [0.15, 0.2) is 24.3 Å². The molecule has 0 aliphatic carbocycles. The Balaban J connectivity index is 2.96. The third kappa shape index (κ3) is 4.92. The summed E-state index contributed by atoms with van der Waals surface area (Å²) < 4.78 is 57.7. The Morgan fingerprint density at radius 2 is 1.75 bits per heavy atom. The van der Waals surface area contributed by atoms with Crippen LogP contribution in [-0.4, -0.2) is 36.9 Å². The number of benzene rings is 1. The highest BCUT2D eigenvalue weighted by Crippen LogP contribution is 2.29. The predicted octanol–water partition coefficient (Wildman–Crippen LogP) is 1.92. The zero-order valence-corrected chi connectivity index (χ0v) is 13.2. The van der Waals surface area contributed by atoms with Crippen LogP contribution in [0, 0.1) is 5.82 Å². The average Bonchev–Trinajstić information content (AvgIpc) is 2.46. The predicted molar refractivity (Wildman–Crippen MR) is 77.3 cm³/mol. The molecule has 9 heteroatoms. The summed E-state index contributed by atoms with van der Waals surface area (Å²) in [6.45, 7) is 1.63. The first kappa shape index (κ1) is 19.9. The van der Waals surface area contributed by atoms with Gasteiger partial charge in [-0.05, 0) is 31.0 Å². The van der Waals surface area contributed by atoms with Crippen molar-refractivity contribution in [3.63, 3.8) is 0 Å². The van der Waals surface area contributed by atoms with Crippen molar-refractivity contribution < 1.29 is 31.9 Å². The minimum atomic E-state index is -5.12. The van der Waals surface area contributed by atoms with E-state index < -0.39 is 29.5 Å². The van der Waals surface area contributed by atoms with Crippen molar-refractivity contribution in [1.29, 1.82) is 0 Å². The van der Waals surface area contributed by atoms with Gasteiger partial charge in [0.2, 0.25) is 5.91 Å². The molecule has 2 N–H and O–H groups in total. The normalized spacial score (nSPS) is 13.9. The van der Waals surface area contributed by atoms with Crippen LogP contribution in [0.5, 0.6) is 0 Å². The highest BCUT2D eigenvalue weighted by atomic mass is 19.4. The maximum Gasteiger partial charge on any atom is 0.436 e. The average molecular weight is 350 g/mol. The van der Waals surface area contributed by atoms with Gasteiger partial charge in [0.15, 0.2) is 0 Å². The molecule has 0 saturated carbocycles. The summed E-state index contributed by atoms with van der Waals surface area (Å²) in [4.78, 5) is 23.1. The van der Waals surface area contributed by atoms with Gasteiger partial charge in [-0.2, -0.15) is 13.2 Å². The molecule has 0 bridgehead atoms. The van der Waals surface area contributed by atoms with E-state index in [2.05, 4.69) is 4.74 Å². The van der Waals surface area contributed by atoms with Crippen LogP contribution in [0.2, 0.25) is 0 Å². The van der Waals surface area contributed by atoms with E-state index in [1.807, 2.05) is 5.32 Å². The summed E-state index contributed by atoms with van der Waals surface area (Å²) in [7, 11) is 0. The molecule has 134 valence electrons. The minimum Gasteiger partial charge on any atom is -0.463 e. The number of rotatable bonds is 7. The monoisotopic (exact) mass is 350 g/mol. The highest BCUT2D eigenvalue weighted by molar-refractivity contribution is 5.87. The summed E-state index contributed by atoms with van der Waals surface area (Å²) in [6, 6.07) is 5.17. The Morgan fingerprint density at radius 3 is 2.21 bits per heavy atom. The van der Waals surface area contributed by atoms with Crippen molar-refractivity contribution in [3.8, 4) is 0 Å². The SMILES string of the molecule is CCOC(=O)C(NCCc1ccc(F)cc1)(NC(C)=O)C(F)(F)F. The second kappa shape index (κ2) is 8.09. The molecule has 1 aromatic rings. The maximum absolute atomic E-state index is 13.5. The topological polar surface area (TPSA) is 67.4 Å². The van der Waals surface area contributed by atoms with Crippen LogP contribution >= 0.6 is 0 Å². The molecule has 1 rings (SSSR count). The Morgan fingerprint density at radius 1 is 1.17 bits per heavy atom. The maximum atomic E-state index is 13.5. The van der Waals surface area contributed by atoms with E-state index >= 15 is 0 Å². The van der Waals surface area contributed by atoms with Crippen molar-refractivity contribution in [1.82, 2.24) is 10.6 Å². The van der Waals surface area contributed by atoms with Gasteiger partial charge in [0.25, 0.3) is 5.66 Å². The molecule has 0 fully saturated rings. The highest BCUT2D eigenvalue weighted by Gasteiger charge is 2.62. The lowest BCUT2D eigenvalue weighted by atomic mass is 10.1. The second-order valence-corrected chi connectivity index (χ2v) is 4.95. The number of hydrogen-bond donors (Lipinski definition) is 2. The number of nitrogens with one attached hydrogen (secondary N) is 2. The van der Waals surface area contributed by atoms with E-state index in [9.17, 15) is 27.2 Å². The lowest BCUT2D eigenvalue weighted by Gasteiger charge is -2.34. The first-order valence-electron chi connectivity index (χ1n) is 7.14. The zero-order chi connectivity index (χ0) is 18.4. The smallest absolute Gasteiger partial charge is 0.436 e. The molecule has 1 amide bonds. The first-order chi connectivity index (χ1) is 11.1. The van der Waals surface area contributed by atoms with Crippen LogP contribution in [0.4, 0.5) is 17.6 Å². The third-order valence-electron chi connectivity index (χ3n) is 3.09. The summed E-state index contributed by atoms with van der Waals surface area (Å²) in [5, 5.41) is 3.63. The Kier molecular flexibility index (Phi) is 6.70. The number of carbonyl (C=O) groups is 2. The molecule has 0 spiro atoms. The Hall–Kier alpha value is -2.16. The number of hydrogen-bond acceptors (Lipinski definition) is 4. The first-order valence-corrected chi connectivity index (χ1v) is 7.14. The van der Waals surface area contributed by atoms with E-state index in [1.165, 1.54) is 31.2 Å². The number of carbonyl (C=O) groups excluding carboxylic acids is 2. The van der Waals surface area contributed by atoms with Gasteiger partial charge in [0.1, 0.15) is 5.82 Å². The van der Waals surface area contributed by atoms with Crippen LogP contribution in [0.3, 0.4) is 0 Å². The van der Waals surface area contributed by atoms with Gasteiger partial charge in [-0.1, -0.05) is 12.1 Å². The molecule has 0 heterocycles. The largest absolute Gasteiger partial charge is 0.463 e. The molecular weight excluding hydrogens is 332 g/mol. The van der Waals surface area contributed by atoms with Gasteiger partial charge in [0, 0.05) is 13.5 Å². The Labute approximate surface area is 136 Å². The lowest BCUT2D eigenvalue weighted by molar-refractivity contribution is -0.221. The molecular formula is C15H18F4N2O3. The van der Waals surface area contributed by atoms with Crippen molar-refractivity contribution in [3.05, 3.63) is 35.6 Å². The van der Waals surface area contributed by atoms with Crippen molar-refractivity contribution in [2.24, 2.45) is 0 Å². The summed E-state index contributed by atoms with van der Waals surface area (Å²) >= 11 is 0. The number of halogens is 4. The fourth-order valence-corrected chi connectivity index (χ4v) is 2.00. The van der Waals surface area contributed by atoms with Crippen LogP contribution in [0.1, 0.15) is 19.4 Å². The molecule has 0 saturated heterocycles. The van der Waals surface area contributed by atoms with E-state index in [0.717, 1.165) is 6.92 Å². The molecule has 0 radical (unpaired) electrons. The van der Waals surface area contributed by atoms with Gasteiger partial charge in [-0.25, -0.2) is 9.18 Å². The van der Waals surface area contributed by atoms with E-state index in [4.69, 9.17) is 0 Å². The van der Waals surface area contributed by atoms with Crippen molar-refractivity contribution in [2.45, 2.75) is 32.1 Å². The number of ether oxygens (including phenoxy) is 1. The zero-order valence-electron chi connectivity index (χ0n) is 13.2. The van der Waals surface area contributed by atoms with Gasteiger partial charge in [-0.15, -0.1) is 0 Å². The molecule has 0 aliphatic heterocycles. The second-order valence-electron chi connectivity index (χ2n) is 4.95. The van der Waals surface area contributed by atoms with Crippen LogP contribution < -0.4 is 10.6 Å². The van der Waals surface area contributed by atoms with Gasteiger partial charge >= 0.3 is 12.1 Å².